The van der Waals surface area contributed by atoms with Crippen molar-refractivity contribution in [2.24, 2.45) is 11.8 Å². The highest BCUT2D eigenvalue weighted by atomic mass is 16.5. The van der Waals surface area contributed by atoms with E-state index in [0.717, 1.165) is 28.5 Å². The molecule has 2 heterocycles. The van der Waals surface area contributed by atoms with Crippen LogP contribution in [0.25, 0.3) is 11.3 Å². The Kier molecular flexibility index (Phi) is 10.1. The summed E-state index contributed by atoms with van der Waals surface area (Å²) in [6.45, 7) is 3.40. The van der Waals surface area contributed by atoms with Crippen LogP contribution in [-0.4, -0.2) is 81.9 Å². The van der Waals surface area contributed by atoms with Crippen LogP contribution >= 0.6 is 0 Å². The van der Waals surface area contributed by atoms with E-state index in [4.69, 9.17) is 28.9 Å². The Bertz CT molecular complexity index is 894. The lowest BCUT2D eigenvalue weighted by Crippen LogP contribution is -2.37. The maximum Gasteiger partial charge on any atom is 0.306 e. The molecule has 0 atom stereocenters. The number of carboxylic acid groups (broad SMARTS) is 1. The van der Waals surface area contributed by atoms with E-state index in [1.807, 2.05) is 30.5 Å². The zero-order valence-corrected chi connectivity index (χ0v) is 20.2. The average molecular weight is 474 g/mol. The van der Waals surface area contributed by atoms with Gasteiger partial charge in [-0.2, -0.15) is 0 Å². The molecule has 1 aliphatic rings. The van der Waals surface area contributed by atoms with Gasteiger partial charge in [0.2, 0.25) is 0 Å². The van der Waals surface area contributed by atoms with Gasteiger partial charge < -0.3 is 29.0 Å². The van der Waals surface area contributed by atoms with Crippen molar-refractivity contribution in [2.75, 3.05) is 65.7 Å². The monoisotopic (exact) mass is 473 g/mol. The molecule has 1 N–H and O–H groups in total. The summed E-state index contributed by atoms with van der Waals surface area (Å²) in [4.78, 5) is 23.4. The fourth-order valence-electron chi connectivity index (χ4n) is 4.16. The summed E-state index contributed by atoms with van der Waals surface area (Å²) in [5, 5.41) is 9.39. The normalized spacial score (nSPS) is 14.5. The zero-order valence-electron chi connectivity index (χ0n) is 20.2. The number of nitrogens with zero attached hydrogens (tertiary/aromatic N) is 3. The summed E-state index contributed by atoms with van der Waals surface area (Å²) in [5.41, 5.74) is 2.56. The van der Waals surface area contributed by atoms with Gasteiger partial charge in [-0.15, -0.1) is 0 Å². The largest absolute Gasteiger partial charge is 0.491 e. The Balaban J connectivity index is 1.86. The van der Waals surface area contributed by atoms with Crippen molar-refractivity contribution in [1.29, 1.82) is 0 Å². The number of methoxy groups -OCH3 is 3. The van der Waals surface area contributed by atoms with Crippen LogP contribution in [0.4, 0.5) is 5.82 Å². The van der Waals surface area contributed by atoms with Crippen LogP contribution in [0.2, 0.25) is 0 Å². The minimum absolute atomic E-state index is 0.171. The lowest BCUT2D eigenvalue weighted by molar-refractivity contribution is -0.142. The lowest BCUT2D eigenvalue weighted by Gasteiger charge is -2.32. The van der Waals surface area contributed by atoms with Crippen molar-refractivity contribution in [1.82, 2.24) is 9.97 Å². The molecule has 34 heavy (non-hydrogen) atoms. The summed E-state index contributed by atoms with van der Waals surface area (Å²) < 4.78 is 21.4. The van der Waals surface area contributed by atoms with Gasteiger partial charge in [-0.3, -0.25) is 9.78 Å². The molecular formula is C25H35N3O6. The van der Waals surface area contributed by atoms with Gasteiger partial charge in [0.15, 0.2) is 5.82 Å². The molecule has 1 aromatic carbocycles. The number of ether oxygens (including phenoxy) is 4. The number of hydrogen-bond donors (Lipinski definition) is 1. The number of aromatic nitrogens is 2. The van der Waals surface area contributed by atoms with Crippen LogP contribution in [0.1, 0.15) is 18.5 Å². The molecule has 1 aromatic heterocycles. The molecule has 0 saturated carbocycles. The van der Waals surface area contributed by atoms with E-state index in [2.05, 4.69) is 4.90 Å². The molecule has 0 unspecified atom stereocenters. The van der Waals surface area contributed by atoms with E-state index in [0.29, 0.717) is 58.8 Å². The van der Waals surface area contributed by atoms with Crippen molar-refractivity contribution in [3.05, 3.63) is 36.2 Å². The van der Waals surface area contributed by atoms with Crippen LogP contribution < -0.4 is 9.64 Å². The Morgan fingerprint density at radius 3 is 2.32 bits per heavy atom. The third-order valence-electron chi connectivity index (χ3n) is 5.93. The van der Waals surface area contributed by atoms with Crippen LogP contribution in [0, 0.1) is 11.8 Å². The molecule has 0 aliphatic carbocycles. The van der Waals surface area contributed by atoms with E-state index in [1.54, 1.807) is 21.3 Å². The van der Waals surface area contributed by atoms with Gasteiger partial charge in [0.1, 0.15) is 18.1 Å². The van der Waals surface area contributed by atoms with E-state index in [9.17, 15) is 9.90 Å². The summed E-state index contributed by atoms with van der Waals surface area (Å²) in [5.74, 6) is 0.668. The predicted molar refractivity (Wildman–Crippen MR) is 128 cm³/mol. The standard InChI is InChI=1S/C25H35N3O6/c1-31-12-13-34-22-6-4-19(5-7-22)23-24(28-10-8-20(9-11-28)25(29)30)27-21(15-26-23)14-18(16-32-2)17-33-3/h4-7,15,18,20H,8-14,16-17H2,1-3H3,(H,29,30). The van der Waals surface area contributed by atoms with Crippen molar-refractivity contribution in [3.63, 3.8) is 0 Å². The molecule has 9 nitrogen and oxygen atoms in total. The van der Waals surface area contributed by atoms with Gasteiger partial charge >= 0.3 is 5.97 Å². The van der Waals surface area contributed by atoms with Gasteiger partial charge in [-0.1, -0.05) is 0 Å². The van der Waals surface area contributed by atoms with E-state index >= 15 is 0 Å². The summed E-state index contributed by atoms with van der Waals surface area (Å²) >= 11 is 0. The topological polar surface area (TPSA) is 103 Å². The highest BCUT2D eigenvalue weighted by Crippen LogP contribution is 2.32. The van der Waals surface area contributed by atoms with Crippen LogP contribution in [-0.2, 0) is 25.4 Å². The molecule has 186 valence electrons. The van der Waals surface area contributed by atoms with E-state index in [-0.39, 0.29) is 11.8 Å². The van der Waals surface area contributed by atoms with Gasteiger partial charge in [0.05, 0.1) is 31.4 Å². The molecule has 1 saturated heterocycles. The lowest BCUT2D eigenvalue weighted by atomic mass is 9.96. The second-order valence-electron chi connectivity index (χ2n) is 8.48. The van der Waals surface area contributed by atoms with E-state index in [1.165, 1.54) is 0 Å². The van der Waals surface area contributed by atoms with Crippen molar-refractivity contribution in [2.45, 2.75) is 19.3 Å². The minimum Gasteiger partial charge on any atom is -0.491 e. The first kappa shape index (κ1) is 25.9. The number of rotatable bonds is 13. The van der Waals surface area contributed by atoms with Crippen molar-refractivity contribution < 1.29 is 28.8 Å². The fourth-order valence-corrected chi connectivity index (χ4v) is 4.16. The quantitative estimate of drug-likeness (QED) is 0.440. The first-order valence-electron chi connectivity index (χ1n) is 11.6. The molecule has 0 amide bonds. The molecule has 0 radical (unpaired) electrons. The smallest absolute Gasteiger partial charge is 0.306 e. The molecule has 9 heteroatoms. The maximum absolute atomic E-state index is 11.4. The SMILES string of the molecule is COCCOc1ccc(-c2ncc(CC(COC)COC)nc2N2CCC(C(=O)O)CC2)cc1. The van der Waals surface area contributed by atoms with Crippen molar-refractivity contribution >= 4 is 11.8 Å². The van der Waals surface area contributed by atoms with Crippen LogP contribution in [0.3, 0.4) is 0 Å². The van der Waals surface area contributed by atoms with Gasteiger partial charge in [0, 0.05) is 52.1 Å². The van der Waals surface area contributed by atoms with Crippen LogP contribution in [0.5, 0.6) is 5.75 Å². The number of piperidine rings is 1. The molecular weight excluding hydrogens is 438 g/mol. The Morgan fingerprint density at radius 2 is 1.74 bits per heavy atom. The average Bonchev–Trinajstić information content (AvgIpc) is 2.85. The van der Waals surface area contributed by atoms with Crippen molar-refractivity contribution in [3.8, 4) is 17.0 Å². The second-order valence-corrected chi connectivity index (χ2v) is 8.48. The van der Waals surface area contributed by atoms with Crippen LogP contribution in [0.15, 0.2) is 30.5 Å². The third-order valence-corrected chi connectivity index (χ3v) is 5.93. The number of anilines is 1. The molecule has 1 aliphatic heterocycles. The zero-order chi connectivity index (χ0) is 24.3. The summed E-state index contributed by atoms with van der Waals surface area (Å²) in [6.07, 6.45) is 3.66. The first-order valence-corrected chi connectivity index (χ1v) is 11.6. The summed E-state index contributed by atoms with van der Waals surface area (Å²) in [7, 11) is 5.00. The molecule has 1 fully saturated rings. The first-order chi connectivity index (χ1) is 16.5. The van der Waals surface area contributed by atoms with Gasteiger partial charge in [-0.05, 0) is 43.5 Å². The second kappa shape index (κ2) is 13.2. The highest BCUT2D eigenvalue weighted by Gasteiger charge is 2.27. The van der Waals surface area contributed by atoms with Gasteiger partial charge in [0.25, 0.3) is 0 Å². The Labute approximate surface area is 201 Å². The highest BCUT2D eigenvalue weighted by molar-refractivity contribution is 5.74. The Morgan fingerprint density at radius 1 is 1.06 bits per heavy atom. The Hall–Kier alpha value is -2.75. The molecule has 0 bridgehead atoms. The molecule has 0 spiro atoms. The number of benzene rings is 1. The molecule has 2 aromatic rings. The summed E-state index contributed by atoms with van der Waals surface area (Å²) in [6, 6.07) is 7.76. The number of aliphatic carboxylic acids is 1. The van der Waals surface area contributed by atoms with E-state index < -0.39 is 5.97 Å². The number of hydrogen-bond acceptors (Lipinski definition) is 8. The third kappa shape index (κ3) is 7.12. The van der Waals surface area contributed by atoms with Gasteiger partial charge in [-0.25, -0.2) is 4.98 Å². The predicted octanol–water partition coefficient (Wildman–Crippen LogP) is 2.92. The molecule has 3 rings (SSSR count). The fraction of sp³-hybridized carbons (Fsp3) is 0.560. The minimum atomic E-state index is -0.731. The maximum atomic E-state index is 11.4. The number of carbonyl (C=O) groups is 1. The number of carboxylic acids is 1.